The van der Waals surface area contributed by atoms with Crippen LogP contribution >= 0.6 is 0 Å². The molecule has 0 N–H and O–H groups in total. The van der Waals surface area contributed by atoms with Gasteiger partial charge in [-0.05, 0) is 49.3 Å². The van der Waals surface area contributed by atoms with Crippen molar-refractivity contribution in [3.8, 4) is 5.75 Å². The Labute approximate surface area is 134 Å². The Morgan fingerprint density at radius 2 is 1.68 bits per heavy atom. The normalized spacial score (nSPS) is 11.7. The third-order valence-corrected chi connectivity index (χ3v) is 3.55. The first kappa shape index (κ1) is 16.3. The fraction of sp³-hybridized carbons (Fsp3) is 0.300. The highest BCUT2D eigenvalue weighted by atomic mass is 16.5. The van der Waals surface area contributed by atoms with Gasteiger partial charge in [0.2, 0.25) is 0 Å². The predicted octanol–water partition coefficient (Wildman–Crippen LogP) is 4.58. The SMILES string of the molecule is CC/C(=C\c1ccccc1)c1ccc(OCCN(C)C)cc1. The molecule has 0 spiro atoms. The average Bonchev–Trinajstić information content (AvgIpc) is 2.54. The lowest BCUT2D eigenvalue weighted by Crippen LogP contribution is -2.19. The van der Waals surface area contributed by atoms with Crippen molar-refractivity contribution in [1.29, 1.82) is 0 Å². The Bertz CT molecular complexity index is 585. The molecule has 2 aromatic rings. The van der Waals surface area contributed by atoms with Crippen LogP contribution in [-0.2, 0) is 0 Å². The van der Waals surface area contributed by atoms with Gasteiger partial charge in [-0.1, -0.05) is 55.5 Å². The summed E-state index contributed by atoms with van der Waals surface area (Å²) in [4.78, 5) is 2.12. The van der Waals surface area contributed by atoms with Gasteiger partial charge in [0, 0.05) is 6.54 Å². The summed E-state index contributed by atoms with van der Waals surface area (Å²) in [5, 5.41) is 0. The number of ether oxygens (including phenoxy) is 1. The van der Waals surface area contributed by atoms with Crippen molar-refractivity contribution in [2.24, 2.45) is 0 Å². The highest BCUT2D eigenvalue weighted by Gasteiger charge is 2.01. The Morgan fingerprint density at radius 1 is 1.00 bits per heavy atom. The summed E-state index contributed by atoms with van der Waals surface area (Å²) < 4.78 is 5.74. The molecule has 2 aromatic carbocycles. The minimum Gasteiger partial charge on any atom is -0.492 e. The maximum absolute atomic E-state index is 5.74. The second-order valence-corrected chi connectivity index (χ2v) is 5.61. The summed E-state index contributed by atoms with van der Waals surface area (Å²) in [5.41, 5.74) is 3.84. The third-order valence-electron chi connectivity index (χ3n) is 3.55. The van der Waals surface area contributed by atoms with Crippen molar-refractivity contribution in [3.05, 3.63) is 65.7 Å². The molecule has 0 atom stereocenters. The van der Waals surface area contributed by atoms with Gasteiger partial charge in [0.05, 0.1) is 0 Å². The maximum atomic E-state index is 5.74. The molecular weight excluding hydrogens is 270 g/mol. The zero-order chi connectivity index (χ0) is 15.8. The molecule has 0 heterocycles. The fourth-order valence-electron chi connectivity index (χ4n) is 2.25. The van der Waals surface area contributed by atoms with Crippen molar-refractivity contribution < 1.29 is 4.74 Å². The largest absolute Gasteiger partial charge is 0.492 e. The van der Waals surface area contributed by atoms with Crippen molar-refractivity contribution in [1.82, 2.24) is 4.90 Å². The van der Waals surface area contributed by atoms with Gasteiger partial charge in [-0.15, -0.1) is 0 Å². The van der Waals surface area contributed by atoms with Crippen LogP contribution in [0.15, 0.2) is 54.6 Å². The van der Waals surface area contributed by atoms with E-state index < -0.39 is 0 Å². The van der Waals surface area contributed by atoms with Crippen LogP contribution in [0.3, 0.4) is 0 Å². The molecule has 0 aliphatic rings. The summed E-state index contributed by atoms with van der Waals surface area (Å²) in [6.07, 6.45) is 3.26. The summed E-state index contributed by atoms with van der Waals surface area (Å²) in [6.45, 7) is 3.83. The molecule has 0 bridgehead atoms. The van der Waals surface area contributed by atoms with Crippen LogP contribution in [0.1, 0.15) is 24.5 Å². The summed E-state index contributed by atoms with van der Waals surface area (Å²) in [7, 11) is 4.10. The zero-order valence-electron chi connectivity index (χ0n) is 13.8. The van der Waals surface area contributed by atoms with E-state index in [4.69, 9.17) is 4.74 Å². The molecule has 2 nitrogen and oxygen atoms in total. The molecule has 0 radical (unpaired) electrons. The number of hydrogen-bond donors (Lipinski definition) is 0. The van der Waals surface area contributed by atoms with E-state index in [9.17, 15) is 0 Å². The first-order chi connectivity index (χ1) is 10.7. The van der Waals surface area contributed by atoms with Gasteiger partial charge in [-0.3, -0.25) is 0 Å². The predicted molar refractivity (Wildman–Crippen MR) is 95.1 cm³/mol. The Kier molecular flexibility index (Phi) is 6.23. The molecular formula is C20H25NO. The van der Waals surface area contributed by atoms with E-state index >= 15 is 0 Å². The number of benzene rings is 2. The lowest BCUT2D eigenvalue weighted by molar-refractivity contribution is 0.261. The van der Waals surface area contributed by atoms with E-state index in [0.717, 1.165) is 18.7 Å². The van der Waals surface area contributed by atoms with Crippen LogP contribution in [0.5, 0.6) is 5.75 Å². The Balaban J connectivity index is 2.06. The van der Waals surface area contributed by atoms with Crippen LogP contribution < -0.4 is 4.74 Å². The van der Waals surface area contributed by atoms with Gasteiger partial charge in [-0.25, -0.2) is 0 Å². The van der Waals surface area contributed by atoms with Gasteiger partial charge in [0.15, 0.2) is 0 Å². The van der Waals surface area contributed by atoms with Crippen molar-refractivity contribution in [3.63, 3.8) is 0 Å². The molecule has 0 aromatic heterocycles. The van der Waals surface area contributed by atoms with E-state index in [1.807, 2.05) is 20.2 Å². The molecule has 0 aliphatic carbocycles. The van der Waals surface area contributed by atoms with Gasteiger partial charge in [0.25, 0.3) is 0 Å². The van der Waals surface area contributed by atoms with Gasteiger partial charge >= 0.3 is 0 Å². The topological polar surface area (TPSA) is 12.5 Å². The minimum absolute atomic E-state index is 0.715. The molecule has 0 unspecified atom stereocenters. The summed E-state index contributed by atoms with van der Waals surface area (Å²) >= 11 is 0. The van der Waals surface area contributed by atoms with Crippen molar-refractivity contribution >= 4 is 11.6 Å². The van der Waals surface area contributed by atoms with E-state index in [0.29, 0.717) is 6.61 Å². The molecule has 22 heavy (non-hydrogen) atoms. The highest BCUT2D eigenvalue weighted by molar-refractivity contribution is 5.81. The first-order valence-corrected chi connectivity index (χ1v) is 7.82. The summed E-state index contributed by atoms with van der Waals surface area (Å²) in [6, 6.07) is 18.8. The molecule has 2 rings (SSSR count). The smallest absolute Gasteiger partial charge is 0.119 e. The lowest BCUT2D eigenvalue weighted by Gasteiger charge is -2.12. The average molecular weight is 295 g/mol. The fourth-order valence-corrected chi connectivity index (χ4v) is 2.25. The van der Waals surface area contributed by atoms with Gasteiger partial charge in [0.1, 0.15) is 12.4 Å². The minimum atomic E-state index is 0.715. The van der Waals surface area contributed by atoms with Crippen LogP contribution in [0.4, 0.5) is 0 Å². The monoisotopic (exact) mass is 295 g/mol. The molecule has 0 saturated carbocycles. The molecule has 0 amide bonds. The van der Waals surface area contributed by atoms with E-state index in [-0.39, 0.29) is 0 Å². The van der Waals surface area contributed by atoms with Crippen LogP contribution in [-0.4, -0.2) is 32.1 Å². The van der Waals surface area contributed by atoms with E-state index in [2.05, 4.69) is 66.4 Å². The third kappa shape index (κ3) is 5.05. The lowest BCUT2D eigenvalue weighted by atomic mass is 10.0. The number of nitrogens with zero attached hydrogens (tertiary/aromatic N) is 1. The highest BCUT2D eigenvalue weighted by Crippen LogP contribution is 2.23. The van der Waals surface area contributed by atoms with Crippen LogP contribution in [0.2, 0.25) is 0 Å². The zero-order valence-corrected chi connectivity index (χ0v) is 13.8. The number of likely N-dealkylation sites (N-methyl/N-ethyl adjacent to an activating group) is 1. The number of hydrogen-bond acceptors (Lipinski definition) is 2. The Hall–Kier alpha value is -2.06. The molecule has 2 heteroatoms. The molecule has 0 saturated heterocycles. The molecule has 0 aliphatic heterocycles. The van der Waals surface area contributed by atoms with Crippen LogP contribution in [0, 0.1) is 0 Å². The van der Waals surface area contributed by atoms with Crippen molar-refractivity contribution in [2.45, 2.75) is 13.3 Å². The standard InChI is InChI=1S/C20H25NO/c1-4-18(16-17-8-6-5-7-9-17)19-10-12-20(13-11-19)22-15-14-21(2)3/h5-13,16H,4,14-15H2,1-3H3/b18-16+. The molecule has 0 fully saturated rings. The maximum Gasteiger partial charge on any atom is 0.119 e. The summed E-state index contributed by atoms with van der Waals surface area (Å²) in [5.74, 6) is 0.931. The van der Waals surface area contributed by atoms with Gasteiger partial charge < -0.3 is 9.64 Å². The number of rotatable bonds is 7. The van der Waals surface area contributed by atoms with E-state index in [1.165, 1.54) is 16.7 Å². The molecule has 116 valence electrons. The van der Waals surface area contributed by atoms with Crippen molar-refractivity contribution in [2.75, 3.05) is 27.2 Å². The second kappa shape index (κ2) is 8.40. The quantitative estimate of drug-likeness (QED) is 0.693. The van der Waals surface area contributed by atoms with E-state index in [1.54, 1.807) is 0 Å². The second-order valence-electron chi connectivity index (χ2n) is 5.61. The number of allylic oxidation sites excluding steroid dienone is 1. The Morgan fingerprint density at radius 3 is 2.27 bits per heavy atom. The van der Waals surface area contributed by atoms with Gasteiger partial charge in [-0.2, -0.15) is 0 Å². The van der Waals surface area contributed by atoms with Crippen LogP contribution in [0.25, 0.3) is 11.6 Å². The first-order valence-electron chi connectivity index (χ1n) is 7.82.